The highest BCUT2D eigenvalue weighted by atomic mass is 32.1. The Morgan fingerprint density at radius 2 is 1.92 bits per heavy atom. The molecule has 0 saturated carbocycles. The van der Waals surface area contributed by atoms with Crippen molar-refractivity contribution in [2.45, 2.75) is 13.3 Å². The number of carbonyl (C=O) groups is 1. The summed E-state index contributed by atoms with van der Waals surface area (Å²) in [5.74, 6) is -1.01. The van der Waals surface area contributed by atoms with Crippen molar-refractivity contribution in [3.8, 4) is 21.6 Å². The van der Waals surface area contributed by atoms with Crippen molar-refractivity contribution in [2.75, 3.05) is 0 Å². The molecule has 0 bridgehead atoms. The van der Waals surface area contributed by atoms with E-state index in [0.29, 0.717) is 17.7 Å². The molecule has 0 aliphatic carbocycles. The van der Waals surface area contributed by atoms with Gasteiger partial charge in [0.1, 0.15) is 5.69 Å². The SMILES string of the molecule is [C-]#[N+]c1c(-c2ccc(-c3cccs3)cc2)c(C(=O)O)n(C)c1CC. The predicted octanol–water partition coefficient (Wildman–Crippen LogP) is 5.23. The van der Waals surface area contributed by atoms with Crippen LogP contribution in [0.4, 0.5) is 5.69 Å². The van der Waals surface area contributed by atoms with Gasteiger partial charge in [0, 0.05) is 23.2 Å². The third-order valence-corrected chi connectivity index (χ3v) is 5.03. The molecule has 0 spiro atoms. The number of hydrogen-bond donors (Lipinski definition) is 1. The summed E-state index contributed by atoms with van der Waals surface area (Å²) < 4.78 is 1.62. The first-order chi connectivity index (χ1) is 11.6. The Balaban J connectivity index is 2.19. The standard InChI is InChI=1S/C19H16N2O2S/c1-4-14-17(20-2)16(18(19(22)23)21(14)3)13-9-7-12(8-10-13)15-6-5-11-24-15/h5-11H,4H2,1,3H3,(H,22,23). The zero-order valence-corrected chi connectivity index (χ0v) is 14.2. The molecule has 0 aliphatic rings. The molecule has 2 aromatic heterocycles. The van der Waals surface area contributed by atoms with E-state index >= 15 is 0 Å². The second-order valence-electron chi connectivity index (χ2n) is 5.40. The van der Waals surface area contributed by atoms with Crippen molar-refractivity contribution < 1.29 is 9.90 Å². The number of rotatable bonds is 4. The van der Waals surface area contributed by atoms with Gasteiger partial charge in [-0.1, -0.05) is 37.3 Å². The molecule has 1 aromatic carbocycles. The van der Waals surface area contributed by atoms with Crippen molar-refractivity contribution in [3.63, 3.8) is 0 Å². The number of nitrogens with zero attached hydrogens (tertiary/aromatic N) is 2. The van der Waals surface area contributed by atoms with Crippen molar-refractivity contribution in [1.82, 2.24) is 4.57 Å². The lowest BCUT2D eigenvalue weighted by molar-refractivity contribution is 0.0687. The summed E-state index contributed by atoms with van der Waals surface area (Å²) in [5, 5.41) is 11.6. The molecule has 120 valence electrons. The van der Waals surface area contributed by atoms with E-state index in [0.717, 1.165) is 21.7 Å². The fourth-order valence-electron chi connectivity index (χ4n) is 3.01. The summed E-state index contributed by atoms with van der Waals surface area (Å²) >= 11 is 1.66. The average molecular weight is 336 g/mol. The van der Waals surface area contributed by atoms with Crippen LogP contribution in [-0.2, 0) is 13.5 Å². The number of aromatic carboxylic acids is 1. The van der Waals surface area contributed by atoms with E-state index in [9.17, 15) is 9.90 Å². The fraction of sp³-hybridized carbons (Fsp3) is 0.158. The van der Waals surface area contributed by atoms with Crippen LogP contribution in [0.5, 0.6) is 0 Å². The molecule has 0 radical (unpaired) electrons. The zero-order valence-electron chi connectivity index (χ0n) is 13.4. The second-order valence-corrected chi connectivity index (χ2v) is 6.35. The van der Waals surface area contributed by atoms with Crippen LogP contribution in [0.25, 0.3) is 26.4 Å². The summed E-state index contributed by atoms with van der Waals surface area (Å²) in [6.45, 7) is 9.44. The normalized spacial score (nSPS) is 10.5. The lowest BCUT2D eigenvalue weighted by Crippen LogP contribution is -2.07. The minimum atomic E-state index is -1.01. The molecule has 0 atom stereocenters. The van der Waals surface area contributed by atoms with E-state index in [1.165, 1.54) is 0 Å². The van der Waals surface area contributed by atoms with Gasteiger partial charge in [-0.3, -0.25) is 0 Å². The predicted molar refractivity (Wildman–Crippen MR) is 96.8 cm³/mol. The summed E-state index contributed by atoms with van der Waals surface area (Å²) in [5.41, 5.74) is 3.70. The molecule has 4 nitrogen and oxygen atoms in total. The quantitative estimate of drug-likeness (QED) is 0.663. The van der Waals surface area contributed by atoms with Gasteiger partial charge < -0.3 is 9.67 Å². The summed E-state index contributed by atoms with van der Waals surface area (Å²) in [6, 6.07) is 11.8. The Kier molecular flexibility index (Phi) is 4.24. The highest BCUT2D eigenvalue weighted by molar-refractivity contribution is 7.13. The van der Waals surface area contributed by atoms with Gasteiger partial charge >= 0.3 is 5.97 Å². The first-order valence-electron chi connectivity index (χ1n) is 7.55. The first kappa shape index (κ1) is 16.0. The van der Waals surface area contributed by atoms with E-state index in [4.69, 9.17) is 6.57 Å². The largest absolute Gasteiger partial charge is 0.477 e. The topological polar surface area (TPSA) is 46.6 Å². The van der Waals surface area contributed by atoms with Gasteiger partial charge in [0.15, 0.2) is 0 Å². The first-order valence-corrected chi connectivity index (χ1v) is 8.43. The maximum absolute atomic E-state index is 11.7. The maximum Gasteiger partial charge on any atom is 0.351 e. The molecule has 1 N–H and O–H groups in total. The van der Waals surface area contributed by atoms with E-state index in [1.807, 2.05) is 48.7 Å². The van der Waals surface area contributed by atoms with Crippen LogP contribution in [0.2, 0.25) is 0 Å². The van der Waals surface area contributed by atoms with Gasteiger partial charge in [-0.2, -0.15) is 0 Å². The average Bonchev–Trinajstić information content (AvgIpc) is 3.20. The monoisotopic (exact) mass is 336 g/mol. The third-order valence-electron chi connectivity index (χ3n) is 4.12. The lowest BCUT2D eigenvalue weighted by atomic mass is 10.0. The number of carboxylic acids is 1. The van der Waals surface area contributed by atoms with Gasteiger partial charge in [-0.15, -0.1) is 11.3 Å². The van der Waals surface area contributed by atoms with Crippen LogP contribution in [0.15, 0.2) is 41.8 Å². The Labute approximate surface area is 144 Å². The van der Waals surface area contributed by atoms with E-state index in [-0.39, 0.29) is 5.69 Å². The van der Waals surface area contributed by atoms with Crippen molar-refractivity contribution >= 4 is 23.0 Å². The molecule has 5 heteroatoms. The van der Waals surface area contributed by atoms with Gasteiger partial charge in [-0.25, -0.2) is 9.64 Å². The van der Waals surface area contributed by atoms with E-state index in [1.54, 1.807) is 23.0 Å². The van der Waals surface area contributed by atoms with Gasteiger partial charge in [-0.05, 0) is 29.0 Å². The molecule has 0 amide bonds. The van der Waals surface area contributed by atoms with Crippen LogP contribution in [0, 0.1) is 6.57 Å². The number of hydrogen-bond acceptors (Lipinski definition) is 2. The summed E-state index contributed by atoms with van der Waals surface area (Å²) in [6.07, 6.45) is 0.613. The highest BCUT2D eigenvalue weighted by Crippen LogP contribution is 2.40. The molecular weight excluding hydrogens is 320 g/mol. The Morgan fingerprint density at radius 3 is 2.42 bits per heavy atom. The number of carboxylic acid groups (broad SMARTS) is 1. The lowest BCUT2D eigenvalue weighted by Gasteiger charge is -2.06. The highest BCUT2D eigenvalue weighted by Gasteiger charge is 2.25. The molecule has 3 aromatic rings. The number of benzene rings is 1. The van der Waals surface area contributed by atoms with Crippen LogP contribution in [0.3, 0.4) is 0 Å². The minimum absolute atomic E-state index is 0.168. The van der Waals surface area contributed by atoms with E-state index < -0.39 is 5.97 Å². The zero-order chi connectivity index (χ0) is 17.3. The molecule has 2 heterocycles. The van der Waals surface area contributed by atoms with Gasteiger partial charge in [0.2, 0.25) is 5.69 Å². The molecule has 0 fully saturated rings. The van der Waals surface area contributed by atoms with Crippen LogP contribution >= 0.6 is 11.3 Å². The van der Waals surface area contributed by atoms with Crippen molar-refractivity contribution in [3.05, 3.63) is 64.6 Å². The second kappa shape index (κ2) is 6.34. The number of thiophene rings is 1. The van der Waals surface area contributed by atoms with E-state index in [2.05, 4.69) is 4.85 Å². The third kappa shape index (κ3) is 2.51. The molecular formula is C19H16N2O2S. The van der Waals surface area contributed by atoms with Crippen LogP contribution in [0.1, 0.15) is 23.1 Å². The smallest absolute Gasteiger partial charge is 0.351 e. The molecule has 0 unspecified atom stereocenters. The van der Waals surface area contributed by atoms with Gasteiger partial charge in [0.25, 0.3) is 0 Å². The Bertz CT molecular complexity index is 929. The van der Waals surface area contributed by atoms with Crippen molar-refractivity contribution in [2.24, 2.45) is 7.05 Å². The molecule has 0 saturated heterocycles. The Morgan fingerprint density at radius 1 is 1.25 bits per heavy atom. The fourth-order valence-corrected chi connectivity index (χ4v) is 3.74. The molecule has 3 rings (SSSR count). The van der Waals surface area contributed by atoms with Crippen LogP contribution < -0.4 is 0 Å². The number of aromatic nitrogens is 1. The molecule has 24 heavy (non-hydrogen) atoms. The molecule has 0 aliphatic heterocycles. The maximum atomic E-state index is 11.7. The van der Waals surface area contributed by atoms with Crippen molar-refractivity contribution in [1.29, 1.82) is 0 Å². The summed E-state index contributed by atoms with van der Waals surface area (Å²) in [7, 11) is 1.71. The van der Waals surface area contributed by atoms with Crippen LogP contribution in [-0.4, -0.2) is 15.6 Å². The minimum Gasteiger partial charge on any atom is -0.477 e. The van der Waals surface area contributed by atoms with Gasteiger partial charge in [0.05, 0.1) is 6.57 Å². The summed E-state index contributed by atoms with van der Waals surface area (Å²) in [4.78, 5) is 16.5. The Hall–Kier alpha value is -2.84.